The lowest BCUT2D eigenvalue weighted by atomic mass is 10.1. The molecule has 1 atom stereocenters. The number of piperidine rings is 1. The van der Waals surface area contributed by atoms with Crippen LogP contribution in [0.3, 0.4) is 0 Å². The van der Waals surface area contributed by atoms with Crippen molar-refractivity contribution < 1.29 is 27.5 Å². The van der Waals surface area contributed by atoms with Crippen LogP contribution in [0.5, 0.6) is 11.5 Å². The van der Waals surface area contributed by atoms with E-state index in [0.717, 1.165) is 19.3 Å². The molecule has 1 unspecified atom stereocenters. The van der Waals surface area contributed by atoms with E-state index >= 15 is 0 Å². The summed E-state index contributed by atoms with van der Waals surface area (Å²) in [6.45, 7) is 2.39. The van der Waals surface area contributed by atoms with Gasteiger partial charge in [0.05, 0.1) is 30.4 Å². The second kappa shape index (κ2) is 9.58. The van der Waals surface area contributed by atoms with Gasteiger partial charge in [0.2, 0.25) is 10.0 Å². The molecule has 1 saturated heterocycles. The van der Waals surface area contributed by atoms with Crippen LogP contribution in [0.1, 0.15) is 46.9 Å². The second-order valence-electron chi connectivity index (χ2n) is 7.56. The predicted octanol–water partition coefficient (Wildman–Crippen LogP) is 2.62. The summed E-state index contributed by atoms with van der Waals surface area (Å²) in [6, 6.07) is 8.45. The fourth-order valence-corrected chi connectivity index (χ4v) is 5.42. The van der Waals surface area contributed by atoms with Gasteiger partial charge in [-0.15, -0.1) is 0 Å². The molecular weight excluding hydrogens is 434 g/mol. The Labute approximate surface area is 187 Å². The zero-order chi connectivity index (χ0) is 23.5. The third-order valence-corrected chi connectivity index (χ3v) is 7.53. The fraction of sp³-hybridized carbons (Fsp3) is 0.364. The Hall–Kier alpha value is -3.11. The van der Waals surface area contributed by atoms with Gasteiger partial charge in [-0.2, -0.15) is 4.31 Å². The first-order chi connectivity index (χ1) is 15.2. The normalized spacial score (nSPS) is 16.9. The van der Waals surface area contributed by atoms with Gasteiger partial charge in [0.25, 0.3) is 11.8 Å². The van der Waals surface area contributed by atoms with Crippen molar-refractivity contribution in [2.75, 3.05) is 26.1 Å². The molecule has 2 aromatic rings. The Morgan fingerprint density at radius 2 is 1.69 bits per heavy atom. The van der Waals surface area contributed by atoms with Gasteiger partial charge in [-0.1, -0.05) is 6.42 Å². The van der Waals surface area contributed by atoms with E-state index < -0.39 is 21.8 Å². The smallest absolute Gasteiger partial charge is 0.255 e. The zero-order valence-electron chi connectivity index (χ0n) is 18.3. The van der Waals surface area contributed by atoms with Crippen LogP contribution in [0, 0.1) is 0 Å². The minimum absolute atomic E-state index is 0.0503. The van der Waals surface area contributed by atoms with Crippen molar-refractivity contribution in [3.05, 3.63) is 47.5 Å². The van der Waals surface area contributed by atoms with E-state index in [2.05, 4.69) is 5.32 Å². The van der Waals surface area contributed by atoms with Gasteiger partial charge >= 0.3 is 0 Å². The average Bonchev–Trinajstić information content (AvgIpc) is 2.78. The summed E-state index contributed by atoms with van der Waals surface area (Å²) in [5.74, 6) is -0.681. The number of hydrogen-bond donors (Lipinski definition) is 2. The van der Waals surface area contributed by atoms with Crippen molar-refractivity contribution in [1.29, 1.82) is 0 Å². The molecule has 3 rings (SSSR count). The van der Waals surface area contributed by atoms with E-state index in [9.17, 15) is 18.0 Å². The topological polar surface area (TPSA) is 128 Å². The van der Waals surface area contributed by atoms with E-state index in [1.54, 1.807) is 0 Å². The van der Waals surface area contributed by atoms with Crippen LogP contribution in [0.25, 0.3) is 0 Å². The van der Waals surface area contributed by atoms with Crippen molar-refractivity contribution in [2.24, 2.45) is 5.73 Å². The molecule has 1 heterocycles. The zero-order valence-corrected chi connectivity index (χ0v) is 19.1. The summed E-state index contributed by atoms with van der Waals surface area (Å²) in [5.41, 5.74) is 5.86. The van der Waals surface area contributed by atoms with E-state index in [1.807, 2.05) is 6.92 Å². The maximum Gasteiger partial charge on any atom is 0.255 e. The molecule has 1 aliphatic heterocycles. The molecule has 0 spiro atoms. The van der Waals surface area contributed by atoms with Crippen LogP contribution in [0.2, 0.25) is 0 Å². The summed E-state index contributed by atoms with van der Waals surface area (Å²) < 4.78 is 37.8. The number of benzene rings is 2. The fourth-order valence-electron chi connectivity index (χ4n) is 3.72. The molecular formula is C22H27N3O6S. The third kappa shape index (κ3) is 4.71. The SMILES string of the molecule is COc1cc(NC(=O)c2ccc(S(=O)(=O)N3CCCCC3C)cc2)c(C(N)=O)cc1OC. The number of nitrogens with two attached hydrogens (primary N) is 1. The Morgan fingerprint density at radius 3 is 2.25 bits per heavy atom. The van der Waals surface area contributed by atoms with Crippen molar-refractivity contribution >= 4 is 27.5 Å². The van der Waals surface area contributed by atoms with Gasteiger partial charge in [0.1, 0.15) is 0 Å². The lowest BCUT2D eigenvalue weighted by Crippen LogP contribution is -2.41. The minimum atomic E-state index is -3.64. The summed E-state index contributed by atoms with van der Waals surface area (Å²) >= 11 is 0. The van der Waals surface area contributed by atoms with E-state index in [0.29, 0.717) is 18.0 Å². The van der Waals surface area contributed by atoms with Crippen molar-refractivity contribution in [3.63, 3.8) is 0 Å². The van der Waals surface area contributed by atoms with Crippen LogP contribution >= 0.6 is 0 Å². The number of amides is 2. The second-order valence-corrected chi connectivity index (χ2v) is 9.45. The number of primary amides is 1. The number of ether oxygens (including phenoxy) is 2. The van der Waals surface area contributed by atoms with E-state index in [-0.39, 0.29) is 27.8 Å². The number of rotatable bonds is 7. The van der Waals surface area contributed by atoms with Crippen molar-refractivity contribution in [1.82, 2.24) is 4.31 Å². The molecule has 32 heavy (non-hydrogen) atoms. The molecule has 2 amide bonds. The summed E-state index contributed by atoms with van der Waals surface area (Å²) in [5, 5.41) is 2.63. The molecule has 1 fully saturated rings. The largest absolute Gasteiger partial charge is 0.493 e. The molecule has 172 valence electrons. The maximum absolute atomic E-state index is 13.0. The highest BCUT2D eigenvalue weighted by molar-refractivity contribution is 7.89. The first kappa shape index (κ1) is 23.6. The number of nitrogens with one attached hydrogen (secondary N) is 1. The molecule has 0 bridgehead atoms. The number of carbonyl (C=O) groups excluding carboxylic acids is 2. The van der Waals surface area contributed by atoms with Crippen LogP contribution in [-0.4, -0.2) is 51.3 Å². The Bertz CT molecular complexity index is 1120. The minimum Gasteiger partial charge on any atom is -0.493 e. The number of anilines is 1. The van der Waals surface area contributed by atoms with Crippen LogP contribution < -0.4 is 20.5 Å². The Balaban J connectivity index is 1.85. The van der Waals surface area contributed by atoms with Gasteiger partial charge < -0.3 is 20.5 Å². The highest BCUT2D eigenvalue weighted by Crippen LogP contribution is 2.33. The molecule has 0 radical (unpaired) electrons. The average molecular weight is 462 g/mol. The maximum atomic E-state index is 13.0. The summed E-state index contributed by atoms with van der Waals surface area (Å²) in [7, 11) is -0.793. The number of hydrogen-bond acceptors (Lipinski definition) is 6. The van der Waals surface area contributed by atoms with E-state index in [4.69, 9.17) is 15.2 Å². The lowest BCUT2D eigenvalue weighted by Gasteiger charge is -2.32. The molecule has 0 saturated carbocycles. The number of carbonyl (C=O) groups is 2. The summed E-state index contributed by atoms with van der Waals surface area (Å²) in [4.78, 5) is 24.7. The quantitative estimate of drug-likeness (QED) is 0.652. The standard InChI is InChI=1S/C22H27N3O6S/c1-14-6-4-5-11-25(14)32(28,29)16-9-7-15(8-10-16)22(27)24-18-13-20(31-3)19(30-2)12-17(18)21(23)26/h7-10,12-14H,4-6,11H2,1-3H3,(H2,23,26)(H,24,27). The van der Waals surface area contributed by atoms with Gasteiger partial charge in [-0.05, 0) is 50.1 Å². The molecule has 0 aliphatic carbocycles. The highest BCUT2D eigenvalue weighted by atomic mass is 32.2. The predicted molar refractivity (Wildman–Crippen MR) is 120 cm³/mol. The lowest BCUT2D eigenvalue weighted by molar-refractivity contribution is 0.100. The van der Waals surface area contributed by atoms with Crippen LogP contribution in [-0.2, 0) is 10.0 Å². The Kier molecular flexibility index (Phi) is 7.05. The first-order valence-electron chi connectivity index (χ1n) is 10.2. The highest BCUT2D eigenvalue weighted by Gasteiger charge is 2.31. The molecule has 1 aliphatic rings. The first-order valence-corrected chi connectivity index (χ1v) is 11.6. The van der Waals surface area contributed by atoms with Gasteiger partial charge in [0, 0.05) is 24.2 Å². The molecule has 0 aromatic heterocycles. The van der Waals surface area contributed by atoms with Gasteiger partial charge in [0.15, 0.2) is 11.5 Å². The van der Waals surface area contributed by atoms with Crippen molar-refractivity contribution in [3.8, 4) is 11.5 Å². The number of methoxy groups -OCH3 is 2. The summed E-state index contributed by atoms with van der Waals surface area (Å²) in [6.07, 6.45) is 2.67. The van der Waals surface area contributed by atoms with Gasteiger partial charge in [-0.25, -0.2) is 8.42 Å². The molecule has 3 N–H and O–H groups in total. The Morgan fingerprint density at radius 1 is 1.06 bits per heavy atom. The monoisotopic (exact) mass is 461 g/mol. The number of nitrogens with zero attached hydrogens (tertiary/aromatic N) is 1. The molecule has 9 nitrogen and oxygen atoms in total. The molecule has 10 heteroatoms. The van der Waals surface area contributed by atoms with Crippen molar-refractivity contribution in [2.45, 2.75) is 37.1 Å². The van der Waals surface area contributed by atoms with E-state index in [1.165, 1.54) is 54.9 Å². The number of sulfonamides is 1. The third-order valence-electron chi connectivity index (χ3n) is 5.50. The van der Waals surface area contributed by atoms with Crippen LogP contribution in [0.4, 0.5) is 5.69 Å². The van der Waals surface area contributed by atoms with Crippen LogP contribution in [0.15, 0.2) is 41.3 Å². The van der Waals surface area contributed by atoms with Gasteiger partial charge in [-0.3, -0.25) is 9.59 Å². The molecule has 2 aromatic carbocycles.